The van der Waals surface area contributed by atoms with E-state index in [4.69, 9.17) is 66.6 Å². The average Bonchev–Trinajstić information content (AvgIpc) is 1.48. The molecule has 0 bridgehead atoms. The molecule has 24 heteroatoms. The van der Waals surface area contributed by atoms with E-state index < -0.39 is 46.2 Å². The van der Waals surface area contributed by atoms with Crippen molar-refractivity contribution in [3.63, 3.8) is 0 Å². The third-order valence-corrected chi connectivity index (χ3v) is 15.5. The molecule has 3 N–H and O–H groups in total. The highest BCUT2D eigenvalue weighted by Crippen LogP contribution is 2.46. The number of hydrogen-bond acceptors (Lipinski definition) is 20. The summed E-state index contributed by atoms with van der Waals surface area (Å²) in [5.74, 6) is -1.24. The van der Waals surface area contributed by atoms with Crippen LogP contribution in [0, 0.1) is 24.1 Å². The molecule has 2 aromatic heterocycles. The number of esters is 1. The van der Waals surface area contributed by atoms with E-state index in [0.717, 1.165) is 18.6 Å². The Bertz CT molecular complexity index is 2990. The lowest BCUT2D eigenvalue weighted by Gasteiger charge is -2.32. The number of halogens is 1. The van der Waals surface area contributed by atoms with Crippen LogP contribution in [0.15, 0.2) is 46.3 Å². The summed E-state index contributed by atoms with van der Waals surface area (Å²) < 4.78 is 89.0. The lowest BCUT2D eigenvalue weighted by atomic mass is 9.81. The van der Waals surface area contributed by atoms with Crippen molar-refractivity contribution in [2.75, 3.05) is 152 Å². The molecule has 2 atom stereocenters. The Kier molecular flexibility index (Phi) is 28.1. The first kappa shape index (κ1) is 69.6. The third-order valence-electron chi connectivity index (χ3n) is 15.5. The summed E-state index contributed by atoms with van der Waals surface area (Å²) in [4.78, 5) is 59.7. The van der Waals surface area contributed by atoms with Crippen molar-refractivity contribution in [3.8, 4) is 17.1 Å². The molecular formula is C64H90FN5O18. The molecule has 3 aliphatic rings. The van der Waals surface area contributed by atoms with Crippen molar-refractivity contribution in [1.82, 2.24) is 20.3 Å². The molecule has 4 heterocycles. The summed E-state index contributed by atoms with van der Waals surface area (Å²) in [5.41, 5.74) is 3.60. The van der Waals surface area contributed by atoms with E-state index in [1.807, 2.05) is 0 Å². The maximum atomic E-state index is 15.5. The van der Waals surface area contributed by atoms with Gasteiger partial charge in [-0.1, -0.05) is 20.8 Å². The predicted molar refractivity (Wildman–Crippen MR) is 323 cm³/mol. The molecule has 23 nitrogen and oxygen atoms in total. The molecule has 0 saturated carbocycles. The Hall–Kier alpha value is -5.87. The van der Waals surface area contributed by atoms with Gasteiger partial charge in [-0.2, -0.15) is 5.10 Å². The molecule has 1 aliphatic carbocycles. The monoisotopic (exact) mass is 1240 g/mol. The van der Waals surface area contributed by atoms with Gasteiger partial charge < -0.3 is 76.6 Å². The number of hydrazone groups is 1. The maximum absolute atomic E-state index is 15.5. The molecule has 7 rings (SSSR count). The standard InChI is InChI=1S/C64H90FN5O18/c1-8-64(75)51-39-55-58-49(41-70(55)59(71)50(51)42-88-62(64)74)57-53(14-13-48-44(4)52(65)40-54(66-58)56(48)57)67-60(72)63(6,7)61(73)69-68-45(5)46-9-11-47(12-10-46)87-38-37-86-36-35-85-34-33-84-32-31-83-30-29-82-28-27-81-26-25-80-24-23-79-22-21-78-20-19-77-18-17-76-16-15-43(2)3/h9-12,39-40,43,53,75H,8,13-38,41-42H2,1-7H3,(H,67,72)(H,69,73)/b68-45-/t53-,64-/m1/s1. The van der Waals surface area contributed by atoms with Crippen LogP contribution < -0.4 is 21.0 Å². The minimum Gasteiger partial charge on any atom is -0.491 e. The summed E-state index contributed by atoms with van der Waals surface area (Å²) in [6.07, 6.45) is 1.83. The lowest BCUT2D eigenvalue weighted by Crippen LogP contribution is -2.48. The number of nitrogens with one attached hydrogen (secondary N) is 2. The summed E-state index contributed by atoms with van der Waals surface area (Å²) in [7, 11) is 0. The quantitative estimate of drug-likeness (QED) is 0.0137. The Morgan fingerprint density at radius 2 is 1.22 bits per heavy atom. The number of pyridine rings is 2. The molecule has 0 spiro atoms. The van der Waals surface area contributed by atoms with Gasteiger partial charge in [-0.05, 0) is 112 Å². The molecule has 0 radical (unpaired) electrons. The molecule has 0 saturated heterocycles. The van der Waals surface area contributed by atoms with Crippen molar-refractivity contribution in [3.05, 3.63) is 91.5 Å². The van der Waals surface area contributed by atoms with Gasteiger partial charge in [-0.15, -0.1) is 0 Å². The molecule has 4 aromatic rings. The van der Waals surface area contributed by atoms with E-state index in [1.165, 1.54) is 24.5 Å². The number of aryl methyl sites for hydroxylation is 1. The SMILES string of the molecule is CC[C@]1(O)C(=O)OCc2c1cc1n(c2=O)Cc2c-1nc1cc(F)c(C)c3c1c2[C@H](NC(=O)C(C)(C)C(=O)N/N=C(/C)c1ccc(OCCOCCOCCOCCOCCOCCOCCOCCOCCOCCOCCOCCC(C)C)cc1)CC3. The van der Waals surface area contributed by atoms with Gasteiger partial charge in [-0.25, -0.2) is 19.6 Å². The van der Waals surface area contributed by atoms with Crippen LogP contribution in [0.4, 0.5) is 4.39 Å². The Balaban J connectivity index is 0.695. The van der Waals surface area contributed by atoms with Gasteiger partial charge in [-0.3, -0.25) is 14.4 Å². The van der Waals surface area contributed by atoms with Gasteiger partial charge in [0.2, 0.25) is 5.91 Å². The van der Waals surface area contributed by atoms with Gasteiger partial charge in [0, 0.05) is 29.2 Å². The lowest BCUT2D eigenvalue weighted by molar-refractivity contribution is -0.172. The second-order valence-electron chi connectivity index (χ2n) is 22.4. The number of rotatable bonds is 43. The van der Waals surface area contributed by atoms with E-state index in [0.29, 0.717) is 220 Å². The highest BCUT2D eigenvalue weighted by atomic mass is 19.1. The maximum Gasteiger partial charge on any atom is 0.343 e. The van der Waals surface area contributed by atoms with Gasteiger partial charge in [0.15, 0.2) is 5.60 Å². The second kappa shape index (κ2) is 35.5. The first-order valence-electron chi connectivity index (χ1n) is 30.6. The first-order chi connectivity index (χ1) is 42.6. The number of amides is 2. The summed E-state index contributed by atoms with van der Waals surface area (Å²) in [6.45, 7) is 23.3. The van der Waals surface area contributed by atoms with Crippen LogP contribution in [0.5, 0.6) is 5.75 Å². The largest absolute Gasteiger partial charge is 0.491 e. The fraction of sp³-hybridized carbons (Fsp3) is 0.625. The van der Waals surface area contributed by atoms with E-state index in [1.54, 1.807) is 51.1 Å². The Morgan fingerprint density at radius 3 is 1.70 bits per heavy atom. The number of nitrogens with zero attached hydrogens (tertiary/aromatic N) is 3. The van der Waals surface area contributed by atoms with Crippen molar-refractivity contribution in [1.29, 1.82) is 0 Å². The molecule has 486 valence electrons. The topological polar surface area (TPSA) is 263 Å². The van der Waals surface area contributed by atoms with E-state index in [-0.39, 0.29) is 30.7 Å². The number of benzene rings is 2. The van der Waals surface area contributed by atoms with Crippen LogP contribution >= 0.6 is 0 Å². The normalized spacial score (nSPS) is 16.2. The van der Waals surface area contributed by atoms with Crippen LogP contribution in [0.25, 0.3) is 22.3 Å². The molecule has 0 fully saturated rings. The van der Waals surface area contributed by atoms with Gasteiger partial charge >= 0.3 is 5.97 Å². The number of aromatic nitrogens is 2. The average molecular weight is 1240 g/mol. The van der Waals surface area contributed by atoms with Crippen molar-refractivity contribution in [2.45, 2.75) is 98.9 Å². The van der Waals surface area contributed by atoms with Gasteiger partial charge in [0.1, 0.15) is 30.2 Å². The van der Waals surface area contributed by atoms with Crippen molar-refractivity contribution < 1.29 is 85.5 Å². The van der Waals surface area contributed by atoms with E-state index >= 15 is 4.39 Å². The van der Waals surface area contributed by atoms with E-state index in [9.17, 15) is 24.3 Å². The smallest absolute Gasteiger partial charge is 0.343 e. The summed E-state index contributed by atoms with van der Waals surface area (Å²) in [5, 5.41) is 19.5. The molecule has 2 aliphatic heterocycles. The number of aliphatic hydroxyl groups is 1. The fourth-order valence-electron chi connectivity index (χ4n) is 10.1. The molecule has 2 amide bonds. The minimum atomic E-state index is -2.03. The fourth-order valence-corrected chi connectivity index (χ4v) is 10.1. The molecule has 2 aromatic carbocycles. The summed E-state index contributed by atoms with van der Waals surface area (Å²) >= 11 is 0. The number of carbonyl (C=O) groups is 3. The Labute approximate surface area is 514 Å². The molecular weight excluding hydrogens is 1150 g/mol. The number of ether oxygens (including phenoxy) is 13. The number of cyclic esters (lactones) is 1. The van der Waals surface area contributed by atoms with Crippen molar-refractivity contribution >= 4 is 34.4 Å². The van der Waals surface area contributed by atoms with Gasteiger partial charge in [0.05, 0.1) is 180 Å². The van der Waals surface area contributed by atoms with Gasteiger partial charge in [0.25, 0.3) is 11.5 Å². The Morgan fingerprint density at radius 1 is 0.727 bits per heavy atom. The highest BCUT2D eigenvalue weighted by molar-refractivity contribution is 6.06. The highest BCUT2D eigenvalue weighted by Gasteiger charge is 2.46. The number of hydrogen-bond donors (Lipinski definition) is 3. The zero-order valence-corrected chi connectivity index (χ0v) is 52.2. The number of fused-ring (bicyclic) bond motifs is 5. The van der Waals surface area contributed by atoms with Crippen LogP contribution in [0.1, 0.15) is 106 Å². The zero-order valence-electron chi connectivity index (χ0n) is 52.2. The van der Waals surface area contributed by atoms with E-state index in [2.05, 4.69) is 29.7 Å². The predicted octanol–water partition coefficient (Wildman–Crippen LogP) is 5.80. The van der Waals surface area contributed by atoms with Crippen LogP contribution in [0.3, 0.4) is 0 Å². The molecule has 0 unspecified atom stereocenters. The zero-order chi connectivity index (χ0) is 62.9. The molecule has 88 heavy (non-hydrogen) atoms. The third kappa shape index (κ3) is 19.3. The second-order valence-corrected chi connectivity index (χ2v) is 22.4. The minimum absolute atomic E-state index is 0.0280. The number of carbonyl (C=O) groups excluding carboxylic acids is 3. The van der Waals surface area contributed by atoms with Crippen LogP contribution in [0.2, 0.25) is 0 Å². The van der Waals surface area contributed by atoms with Crippen molar-refractivity contribution in [2.24, 2.45) is 16.4 Å². The first-order valence-corrected chi connectivity index (χ1v) is 30.6. The summed E-state index contributed by atoms with van der Waals surface area (Å²) in [6, 6.07) is 9.47. The van der Waals surface area contributed by atoms with Crippen LogP contribution in [-0.4, -0.2) is 190 Å². The van der Waals surface area contributed by atoms with Crippen LogP contribution in [-0.2, 0) is 96.4 Å².